The van der Waals surface area contributed by atoms with Gasteiger partial charge in [-0.2, -0.15) is 0 Å². The van der Waals surface area contributed by atoms with E-state index in [1.54, 1.807) is 44.2 Å². The number of ether oxygens (including phenoxy) is 3. The Kier molecular flexibility index (Phi) is 8.98. The molecule has 42 heavy (non-hydrogen) atoms. The van der Waals surface area contributed by atoms with Crippen LogP contribution in [0.2, 0.25) is 0 Å². The highest BCUT2D eigenvalue weighted by molar-refractivity contribution is 9.10. The predicted molar refractivity (Wildman–Crippen MR) is 164 cm³/mol. The first-order valence-corrected chi connectivity index (χ1v) is 15.5. The lowest BCUT2D eigenvalue weighted by Crippen LogP contribution is -2.29. The third-order valence-corrected chi connectivity index (χ3v) is 8.50. The number of hydrogen-bond donors (Lipinski definition) is 0. The van der Waals surface area contributed by atoms with Crippen molar-refractivity contribution in [1.82, 2.24) is 4.98 Å². The molecule has 0 spiro atoms. The third-order valence-electron chi connectivity index (χ3n) is 6.87. The van der Waals surface area contributed by atoms with Gasteiger partial charge in [-0.3, -0.25) is 14.5 Å². The molecule has 11 heteroatoms. The summed E-state index contributed by atoms with van der Waals surface area (Å²) in [5.41, 5.74) is 1.19. The lowest BCUT2D eigenvalue weighted by molar-refractivity contribution is 0.0531. The first-order chi connectivity index (χ1) is 20.3. The number of thiazole rings is 1. The molecule has 1 atom stereocenters. The van der Waals surface area contributed by atoms with Crippen molar-refractivity contribution in [3.8, 4) is 11.5 Å². The highest BCUT2D eigenvalue weighted by Gasteiger charge is 2.45. The number of unbranched alkanes of at least 4 members (excludes halogenated alkanes) is 2. The van der Waals surface area contributed by atoms with E-state index in [9.17, 15) is 14.4 Å². The summed E-state index contributed by atoms with van der Waals surface area (Å²) < 4.78 is 23.9. The molecule has 9 nitrogen and oxygen atoms in total. The molecule has 1 aliphatic heterocycles. The Morgan fingerprint density at radius 3 is 2.60 bits per heavy atom. The van der Waals surface area contributed by atoms with E-state index in [0.717, 1.165) is 30.6 Å². The second-order valence-corrected chi connectivity index (χ2v) is 11.6. The molecule has 2 aromatic carbocycles. The van der Waals surface area contributed by atoms with Crippen LogP contribution in [-0.4, -0.2) is 36.7 Å². The maximum Gasteiger partial charge on any atom is 0.350 e. The van der Waals surface area contributed by atoms with Crippen molar-refractivity contribution in [1.29, 1.82) is 0 Å². The first kappa shape index (κ1) is 29.8. The van der Waals surface area contributed by atoms with Gasteiger partial charge in [0, 0.05) is 4.47 Å². The monoisotopic (exact) mass is 654 g/mol. The number of fused-ring (bicyclic) bond motifs is 2. The van der Waals surface area contributed by atoms with E-state index < -0.39 is 17.9 Å². The van der Waals surface area contributed by atoms with Crippen LogP contribution in [0, 0.1) is 6.92 Å². The molecule has 0 saturated carbocycles. The van der Waals surface area contributed by atoms with Crippen LogP contribution in [0.3, 0.4) is 0 Å². The fraction of sp³-hybridized carbons (Fsp3) is 0.355. The topological polar surface area (TPSA) is 108 Å². The number of benzene rings is 2. The van der Waals surface area contributed by atoms with Crippen LogP contribution in [0.25, 0.3) is 11.0 Å². The molecule has 0 fully saturated rings. The van der Waals surface area contributed by atoms with E-state index in [2.05, 4.69) is 27.8 Å². The van der Waals surface area contributed by atoms with Crippen LogP contribution in [0.15, 0.2) is 50.1 Å². The number of rotatable bonds is 11. The average Bonchev–Trinajstić information content (AvgIpc) is 3.49. The Morgan fingerprint density at radius 2 is 1.86 bits per heavy atom. The van der Waals surface area contributed by atoms with Crippen molar-refractivity contribution in [3.05, 3.63) is 78.6 Å². The molecule has 0 radical (unpaired) electrons. The van der Waals surface area contributed by atoms with Gasteiger partial charge in [0.05, 0.1) is 42.5 Å². The molecule has 1 aliphatic rings. The molecule has 0 N–H and O–H groups in total. The molecular formula is C31H31BrN2O7S. The fourth-order valence-corrected chi connectivity index (χ4v) is 6.29. The van der Waals surface area contributed by atoms with Crippen molar-refractivity contribution >= 4 is 55.2 Å². The Hall–Kier alpha value is -3.70. The second kappa shape index (κ2) is 12.7. The molecule has 1 amide bonds. The zero-order valence-corrected chi connectivity index (χ0v) is 26.2. The third kappa shape index (κ3) is 5.55. The minimum atomic E-state index is -0.888. The highest BCUT2D eigenvalue weighted by atomic mass is 79.9. The normalized spacial score (nSPS) is 14.4. The number of hydrogen-bond acceptors (Lipinski definition) is 9. The van der Waals surface area contributed by atoms with Crippen molar-refractivity contribution in [3.63, 3.8) is 0 Å². The summed E-state index contributed by atoms with van der Waals surface area (Å²) in [5, 5.41) is 0.589. The van der Waals surface area contributed by atoms with Crippen LogP contribution >= 0.6 is 27.3 Å². The quantitative estimate of drug-likeness (QED) is 0.123. The van der Waals surface area contributed by atoms with E-state index in [1.165, 1.54) is 4.90 Å². The number of aromatic nitrogens is 1. The molecule has 0 bridgehead atoms. The van der Waals surface area contributed by atoms with Crippen LogP contribution in [0.4, 0.5) is 5.13 Å². The maximum atomic E-state index is 14.0. The lowest BCUT2D eigenvalue weighted by atomic mass is 9.98. The lowest BCUT2D eigenvalue weighted by Gasteiger charge is -2.23. The number of amides is 1. The van der Waals surface area contributed by atoms with E-state index in [4.69, 9.17) is 18.6 Å². The van der Waals surface area contributed by atoms with Gasteiger partial charge in [0.2, 0.25) is 5.76 Å². The number of halogens is 1. The predicted octanol–water partition coefficient (Wildman–Crippen LogP) is 7.21. The van der Waals surface area contributed by atoms with Crippen LogP contribution in [0.5, 0.6) is 11.5 Å². The summed E-state index contributed by atoms with van der Waals surface area (Å²) in [6, 6.07) is 9.58. The molecule has 3 heterocycles. The summed E-state index contributed by atoms with van der Waals surface area (Å²) in [6.07, 6.45) is 3.05. The average molecular weight is 656 g/mol. The smallest absolute Gasteiger partial charge is 0.350 e. The standard InChI is InChI=1S/C31H31BrN2O7S/c1-5-8-9-14-40-22-12-10-18(15-23(22)38-6-2)25-24-26(35)20-16-19(32)11-13-21(20)41-27(24)29(36)34(25)31-33-17(4)28(42-31)30(37)39-7-3/h10-13,15-16,25H,5-9,14H2,1-4H3. The molecule has 220 valence electrons. The van der Waals surface area contributed by atoms with Gasteiger partial charge in [-0.05, 0) is 63.1 Å². The SMILES string of the molecule is CCCCCOc1ccc(C2c3c(oc4ccc(Br)cc4c3=O)C(=O)N2c2nc(C)c(C(=O)OCC)s2)cc1OCC. The zero-order chi connectivity index (χ0) is 30.0. The summed E-state index contributed by atoms with van der Waals surface area (Å²) in [4.78, 5) is 46.9. The number of carbonyl (C=O) groups excluding carboxylic acids is 2. The largest absolute Gasteiger partial charge is 0.490 e. The molecule has 0 aliphatic carbocycles. The molecule has 2 aromatic heterocycles. The molecular weight excluding hydrogens is 624 g/mol. The van der Waals surface area contributed by atoms with Crippen molar-refractivity contribution in [2.45, 2.75) is 53.0 Å². The van der Waals surface area contributed by atoms with Gasteiger partial charge in [-0.25, -0.2) is 9.78 Å². The Labute approximate surface area is 255 Å². The van der Waals surface area contributed by atoms with Crippen molar-refractivity contribution < 1.29 is 28.2 Å². The van der Waals surface area contributed by atoms with E-state index >= 15 is 0 Å². The minimum absolute atomic E-state index is 0.0665. The van der Waals surface area contributed by atoms with Gasteiger partial charge >= 0.3 is 5.97 Å². The summed E-state index contributed by atoms with van der Waals surface area (Å²) in [7, 11) is 0. The molecule has 5 rings (SSSR count). The van der Waals surface area contributed by atoms with E-state index in [0.29, 0.717) is 51.4 Å². The number of esters is 1. The number of aryl methyl sites for hydroxylation is 1. The van der Waals surface area contributed by atoms with Gasteiger partial charge in [0.25, 0.3) is 5.91 Å². The number of carbonyl (C=O) groups is 2. The van der Waals surface area contributed by atoms with Gasteiger partial charge in [-0.15, -0.1) is 0 Å². The second-order valence-electron chi connectivity index (χ2n) is 9.72. The summed E-state index contributed by atoms with van der Waals surface area (Å²) in [6.45, 7) is 8.56. The van der Waals surface area contributed by atoms with E-state index in [1.807, 2.05) is 13.0 Å². The molecule has 0 saturated heterocycles. The summed E-state index contributed by atoms with van der Waals surface area (Å²) >= 11 is 4.46. The fourth-order valence-electron chi connectivity index (χ4n) is 4.95. The van der Waals surface area contributed by atoms with Gasteiger partial charge in [-0.1, -0.05) is 53.1 Å². The van der Waals surface area contributed by atoms with Gasteiger partial charge in [0.15, 0.2) is 22.1 Å². The van der Waals surface area contributed by atoms with Gasteiger partial charge in [0.1, 0.15) is 10.5 Å². The molecule has 1 unspecified atom stereocenters. The molecule has 4 aromatic rings. The van der Waals surface area contributed by atoms with Crippen LogP contribution in [0.1, 0.15) is 83.1 Å². The minimum Gasteiger partial charge on any atom is -0.490 e. The van der Waals surface area contributed by atoms with Crippen molar-refractivity contribution in [2.24, 2.45) is 0 Å². The zero-order valence-electron chi connectivity index (χ0n) is 23.8. The van der Waals surface area contributed by atoms with Crippen LogP contribution < -0.4 is 19.8 Å². The highest BCUT2D eigenvalue weighted by Crippen LogP contribution is 2.45. The Balaban J connectivity index is 1.68. The van der Waals surface area contributed by atoms with E-state index in [-0.39, 0.29) is 33.4 Å². The first-order valence-electron chi connectivity index (χ1n) is 13.9. The maximum absolute atomic E-state index is 14.0. The summed E-state index contributed by atoms with van der Waals surface area (Å²) in [5.74, 6) is -0.0330. The Bertz CT molecular complexity index is 1710. The van der Waals surface area contributed by atoms with Crippen LogP contribution in [-0.2, 0) is 4.74 Å². The number of anilines is 1. The number of nitrogens with zero attached hydrogens (tertiary/aromatic N) is 2. The Morgan fingerprint density at radius 1 is 1.05 bits per heavy atom. The van der Waals surface area contributed by atoms with Gasteiger partial charge < -0.3 is 18.6 Å². The van der Waals surface area contributed by atoms with Crippen molar-refractivity contribution in [2.75, 3.05) is 24.7 Å².